The summed E-state index contributed by atoms with van der Waals surface area (Å²) < 4.78 is 9.95. The fraction of sp³-hybridized carbons (Fsp3) is 0.385. The Hall–Kier alpha value is -1.69. The van der Waals surface area contributed by atoms with E-state index in [1.165, 1.54) is 19.2 Å². The summed E-state index contributed by atoms with van der Waals surface area (Å²) in [5.41, 5.74) is 0.204. The summed E-state index contributed by atoms with van der Waals surface area (Å²) in [7, 11) is 1.37. The lowest BCUT2D eigenvalue weighted by atomic mass is 10.2. The van der Waals surface area contributed by atoms with Gasteiger partial charge >= 0.3 is 11.9 Å². The summed E-state index contributed by atoms with van der Waals surface area (Å²) in [5, 5.41) is 8.82. The summed E-state index contributed by atoms with van der Waals surface area (Å²) in [4.78, 5) is 21.6. The van der Waals surface area contributed by atoms with Gasteiger partial charge in [0.2, 0.25) is 0 Å². The van der Waals surface area contributed by atoms with Gasteiger partial charge in [0.15, 0.2) is 0 Å². The molecule has 0 atom stereocenters. The van der Waals surface area contributed by atoms with Crippen molar-refractivity contribution in [3.8, 4) is 5.75 Å². The zero-order valence-corrected chi connectivity index (χ0v) is 11.4. The predicted octanol–water partition coefficient (Wildman–Crippen LogP) is 2.06. The summed E-state index contributed by atoms with van der Waals surface area (Å²) in [5.74, 6) is 0.758. The van der Waals surface area contributed by atoms with Crippen LogP contribution in [-0.4, -0.2) is 42.3 Å². The SMILES string of the molecule is COC(=O)CCSCCOc1cccc(C(=O)O)c1. The summed E-state index contributed by atoms with van der Waals surface area (Å²) in [6, 6.07) is 6.36. The number of ether oxygens (including phenoxy) is 2. The van der Waals surface area contributed by atoms with Gasteiger partial charge in [-0.15, -0.1) is 0 Å². The lowest BCUT2D eigenvalue weighted by molar-refractivity contribution is -0.140. The molecule has 0 aliphatic rings. The predicted molar refractivity (Wildman–Crippen MR) is 72.9 cm³/mol. The first-order chi connectivity index (χ1) is 9.13. The zero-order chi connectivity index (χ0) is 14.1. The topological polar surface area (TPSA) is 72.8 Å². The highest BCUT2D eigenvalue weighted by Crippen LogP contribution is 2.14. The summed E-state index contributed by atoms with van der Waals surface area (Å²) in [6.07, 6.45) is 0.385. The number of carboxylic acid groups (broad SMARTS) is 1. The number of rotatable bonds is 8. The Kier molecular flexibility index (Phi) is 6.81. The number of hydrogen-bond donors (Lipinski definition) is 1. The third kappa shape index (κ3) is 6.15. The van der Waals surface area contributed by atoms with Gasteiger partial charge in [0.05, 0.1) is 25.7 Å². The normalized spacial score (nSPS) is 9.95. The van der Waals surface area contributed by atoms with E-state index < -0.39 is 5.97 Å². The van der Waals surface area contributed by atoms with Crippen LogP contribution in [0.3, 0.4) is 0 Å². The minimum absolute atomic E-state index is 0.204. The van der Waals surface area contributed by atoms with Crippen molar-refractivity contribution in [2.24, 2.45) is 0 Å². The summed E-state index contributed by atoms with van der Waals surface area (Å²) >= 11 is 1.58. The van der Waals surface area contributed by atoms with E-state index in [9.17, 15) is 9.59 Å². The van der Waals surface area contributed by atoms with E-state index in [0.29, 0.717) is 24.5 Å². The monoisotopic (exact) mass is 284 g/mol. The highest BCUT2D eigenvalue weighted by molar-refractivity contribution is 7.99. The van der Waals surface area contributed by atoms with Gasteiger partial charge in [-0.05, 0) is 18.2 Å². The van der Waals surface area contributed by atoms with Crippen molar-refractivity contribution in [3.63, 3.8) is 0 Å². The van der Waals surface area contributed by atoms with E-state index in [2.05, 4.69) is 4.74 Å². The first-order valence-electron chi connectivity index (χ1n) is 5.74. The smallest absolute Gasteiger partial charge is 0.335 e. The molecule has 0 amide bonds. The Bertz CT molecular complexity index is 433. The average molecular weight is 284 g/mol. The molecule has 104 valence electrons. The van der Waals surface area contributed by atoms with Gasteiger partial charge in [-0.3, -0.25) is 4.79 Å². The average Bonchev–Trinajstić information content (AvgIpc) is 2.42. The maximum Gasteiger partial charge on any atom is 0.335 e. The van der Waals surface area contributed by atoms with Crippen LogP contribution in [0.1, 0.15) is 16.8 Å². The molecule has 0 radical (unpaired) electrons. The Morgan fingerprint density at radius 3 is 2.79 bits per heavy atom. The van der Waals surface area contributed by atoms with Crippen molar-refractivity contribution in [2.45, 2.75) is 6.42 Å². The fourth-order valence-electron chi connectivity index (χ4n) is 1.30. The molecule has 0 unspecified atom stereocenters. The molecule has 6 heteroatoms. The van der Waals surface area contributed by atoms with Crippen LogP contribution >= 0.6 is 11.8 Å². The standard InChI is InChI=1S/C13H16O5S/c1-17-12(14)5-7-19-8-6-18-11-4-2-3-10(9-11)13(15)16/h2-4,9H,5-8H2,1H3,(H,15,16). The number of thioether (sulfide) groups is 1. The van der Waals surface area contributed by atoms with Crippen molar-refractivity contribution in [2.75, 3.05) is 25.2 Å². The molecule has 0 bridgehead atoms. The maximum atomic E-state index is 10.8. The van der Waals surface area contributed by atoms with E-state index >= 15 is 0 Å². The molecule has 1 aromatic rings. The van der Waals surface area contributed by atoms with Gasteiger partial charge in [-0.25, -0.2) is 4.79 Å². The summed E-state index contributed by atoms with van der Waals surface area (Å²) in [6.45, 7) is 0.467. The first kappa shape index (κ1) is 15.4. The van der Waals surface area contributed by atoms with Crippen molar-refractivity contribution < 1.29 is 24.2 Å². The van der Waals surface area contributed by atoms with E-state index in [4.69, 9.17) is 9.84 Å². The molecule has 0 spiro atoms. The van der Waals surface area contributed by atoms with Gasteiger partial charge in [0.25, 0.3) is 0 Å². The second-order valence-electron chi connectivity index (χ2n) is 3.62. The van der Waals surface area contributed by atoms with E-state index in [1.807, 2.05) is 0 Å². The van der Waals surface area contributed by atoms with E-state index in [1.54, 1.807) is 23.9 Å². The van der Waals surface area contributed by atoms with Crippen LogP contribution < -0.4 is 4.74 Å². The Morgan fingerprint density at radius 1 is 1.32 bits per heavy atom. The Morgan fingerprint density at radius 2 is 2.11 bits per heavy atom. The number of carbonyl (C=O) groups excluding carboxylic acids is 1. The van der Waals surface area contributed by atoms with Crippen molar-refractivity contribution in [1.82, 2.24) is 0 Å². The number of methoxy groups -OCH3 is 1. The van der Waals surface area contributed by atoms with Crippen LogP contribution in [-0.2, 0) is 9.53 Å². The molecular formula is C13H16O5S. The Balaban J connectivity index is 2.21. The molecule has 0 fully saturated rings. The molecule has 1 rings (SSSR count). The molecule has 0 saturated heterocycles. The third-order valence-corrected chi connectivity index (χ3v) is 3.20. The number of hydrogen-bond acceptors (Lipinski definition) is 5. The minimum atomic E-state index is -0.974. The molecule has 0 aliphatic carbocycles. The number of benzene rings is 1. The van der Waals surface area contributed by atoms with Crippen molar-refractivity contribution in [1.29, 1.82) is 0 Å². The first-order valence-corrected chi connectivity index (χ1v) is 6.89. The van der Waals surface area contributed by atoms with Crippen LogP contribution in [0.5, 0.6) is 5.75 Å². The lowest BCUT2D eigenvalue weighted by Gasteiger charge is -2.06. The van der Waals surface area contributed by atoms with Crippen LogP contribution in [0.15, 0.2) is 24.3 Å². The van der Waals surface area contributed by atoms with Gasteiger partial charge in [0.1, 0.15) is 5.75 Å². The molecular weight excluding hydrogens is 268 g/mol. The molecule has 1 aromatic carbocycles. The molecule has 0 saturated carbocycles. The molecule has 5 nitrogen and oxygen atoms in total. The van der Waals surface area contributed by atoms with E-state index in [-0.39, 0.29) is 11.5 Å². The second-order valence-corrected chi connectivity index (χ2v) is 4.84. The maximum absolute atomic E-state index is 10.8. The fourth-order valence-corrected chi connectivity index (χ4v) is 2.01. The molecule has 1 N–H and O–H groups in total. The zero-order valence-electron chi connectivity index (χ0n) is 10.6. The highest BCUT2D eigenvalue weighted by Gasteiger charge is 2.04. The van der Waals surface area contributed by atoms with Gasteiger partial charge in [0, 0.05) is 11.5 Å². The number of carbonyl (C=O) groups is 2. The largest absolute Gasteiger partial charge is 0.493 e. The molecule has 19 heavy (non-hydrogen) atoms. The van der Waals surface area contributed by atoms with E-state index in [0.717, 1.165) is 5.75 Å². The van der Waals surface area contributed by atoms with Crippen LogP contribution in [0.4, 0.5) is 0 Å². The number of esters is 1. The van der Waals surface area contributed by atoms with Crippen LogP contribution in [0.25, 0.3) is 0 Å². The number of carboxylic acids is 1. The van der Waals surface area contributed by atoms with Crippen molar-refractivity contribution >= 4 is 23.7 Å². The number of aromatic carboxylic acids is 1. The van der Waals surface area contributed by atoms with Crippen LogP contribution in [0, 0.1) is 0 Å². The van der Waals surface area contributed by atoms with Crippen molar-refractivity contribution in [3.05, 3.63) is 29.8 Å². The molecule has 0 aromatic heterocycles. The van der Waals surface area contributed by atoms with Gasteiger partial charge in [-0.2, -0.15) is 11.8 Å². The highest BCUT2D eigenvalue weighted by atomic mass is 32.2. The van der Waals surface area contributed by atoms with Crippen LogP contribution in [0.2, 0.25) is 0 Å². The third-order valence-electron chi connectivity index (χ3n) is 2.26. The quantitative estimate of drug-likeness (QED) is 0.582. The molecule has 0 heterocycles. The van der Waals surface area contributed by atoms with Gasteiger partial charge in [-0.1, -0.05) is 6.07 Å². The molecule has 0 aliphatic heterocycles. The minimum Gasteiger partial charge on any atom is -0.493 e. The van der Waals surface area contributed by atoms with Gasteiger partial charge < -0.3 is 14.6 Å². The second kappa shape index (κ2) is 8.42. The Labute approximate surface area is 115 Å². The lowest BCUT2D eigenvalue weighted by Crippen LogP contribution is -2.05.